The Bertz CT molecular complexity index is 426. The molecule has 3 nitrogen and oxygen atoms in total. The number of H-pyrrole nitrogens is 1. The highest BCUT2D eigenvalue weighted by molar-refractivity contribution is 5.16. The maximum absolute atomic E-state index is 12.9. The van der Waals surface area contributed by atoms with Crippen LogP contribution in [0.4, 0.5) is 4.39 Å². The minimum Gasteiger partial charge on any atom is -0.347 e. The number of nitrogens with one attached hydrogen (secondary N) is 2. The van der Waals surface area contributed by atoms with Crippen LogP contribution in [0, 0.1) is 5.82 Å². The molecule has 1 aromatic carbocycles. The van der Waals surface area contributed by atoms with Gasteiger partial charge in [-0.15, -0.1) is 0 Å². The lowest BCUT2D eigenvalue weighted by atomic mass is 10.1. The summed E-state index contributed by atoms with van der Waals surface area (Å²) in [4.78, 5) is 6.94. The Hall–Kier alpha value is -1.68. The largest absolute Gasteiger partial charge is 0.347 e. The first kappa shape index (κ1) is 10.8. The Morgan fingerprint density at radius 1 is 1.38 bits per heavy atom. The topological polar surface area (TPSA) is 40.7 Å². The summed E-state index contributed by atoms with van der Waals surface area (Å²) in [7, 11) is 0. The molecule has 4 heteroatoms. The zero-order valence-electron chi connectivity index (χ0n) is 8.91. The maximum atomic E-state index is 12.9. The van der Waals surface area contributed by atoms with E-state index in [0.717, 1.165) is 30.8 Å². The van der Waals surface area contributed by atoms with Crippen molar-refractivity contribution in [3.63, 3.8) is 0 Å². The van der Waals surface area contributed by atoms with Gasteiger partial charge in [0, 0.05) is 18.4 Å². The molecule has 0 amide bonds. The van der Waals surface area contributed by atoms with Crippen LogP contribution >= 0.6 is 0 Å². The molecule has 0 atom stereocenters. The van der Waals surface area contributed by atoms with Crippen LogP contribution in [0.3, 0.4) is 0 Å². The molecule has 1 heterocycles. The number of hydrogen-bond donors (Lipinski definition) is 2. The van der Waals surface area contributed by atoms with E-state index in [9.17, 15) is 4.39 Å². The van der Waals surface area contributed by atoms with Gasteiger partial charge in [0.1, 0.15) is 5.82 Å². The molecule has 84 valence electrons. The molecule has 0 unspecified atom stereocenters. The molecule has 2 aromatic rings. The third-order valence-corrected chi connectivity index (χ3v) is 2.35. The summed E-state index contributed by atoms with van der Waals surface area (Å²) in [6.45, 7) is 1.58. The number of hydrogen-bond acceptors (Lipinski definition) is 2. The van der Waals surface area contributed by atoms with Crippen molar-refractivity contribution in [3.05, 3.63) is 53.9 Å². The number of aromatic amines is 1. The molecule has 0 bridgehead atoms. The number of aromatic nitrogens is 2. The molecule has 0 aliphatic carbocycles. The Kier molecular flexibility index (Phi) is 3.66. The maximum Gasteiger partial charge on any atom is 0.123 e. The van der Waals surface area contributed by atoms with Crippen LogP contribution in [0.15, 0.2) is 36.8 Å². The lowest BCUT2D eigenvalue weighted by molar-refractivity contribution is 0.622. The van der Waals surface area contributed by atoms with Crippen molar-refractivity contribution in [1.82, 2.24) is 15.3 Å². The van der Waals surface area contributed by atoms with Gasteiger partial charge in [0.05, 0.1) is 6.33 Å². The van der Waals surface area contributed by atoms with E-state index in [2.05, 4.69) is 15.3 Å². The van der Waals surface area contributed by atoms with Gasteiger partial charge in [0.25, 0.3) is 0 Å². The Balaban J connectivity index is 1.72. The summed E-state index contributed by atoms with van der Waals surface area (Å²) in [5.74, 6) is -0.175. The average Bonchev–Trinajstić information content (AvgIpc) is 2.77. The average molecular weight is 219 g/mol. The third kappa shape index (κ3) is 3.17. The lowest BCUT2D eigenvalue weighted by Gasteiger charge is -2.03. The number of halogens is 1. The normalized spacial score (nSPS) is 10.6. The highest BCUT2D eigenvalue weighted by Crippen LogP contribution is 2.03. The number of benzene rings is 1. The van der Waals surface area contributed by atoms with Gasteiger partial charge in [-0.3, -0.25) is 0 Å². The highest BCUT2D eigenvalue weighted by Gasteiger charge is 1.96. The van der Waals surface area contributed by atoms with Crippen molar-refractivity contribution in [2.45, 2.75) is 13.0 Å². The standard InChI is InChI=1S/C12H14FN3/c13-11-3-1-2-10(6-11)4-5-14-7-12-8-15-9-16-12/h1-3,6,8-9,14H,4-5,7H2,(H,15,16). The lowest BCUT2D eigenvalue weighted by Crippen LogP contribution is -2.16. The van der Waals surface area contributed by atoms with Gasteiger partial charge in [0.2, 0.25) is 0 Å². The molecule has 0 aliphatic rings. The third-order valence-electron chi connectivity index (χ3n) is 2.35. The predicted octanol–water partition coefficient (Wildman–Crippen LogP) is 1.88. The summed E-state index contributed by atoms with van der Waals surface area (Å²) in [5, 5.41) is 3.26. The SMILES string of the molecule is Fc1cccc(CCNCc2cnc[nH]2)c1. The molecule has 2 N–H and O–H groups in total. The van der Waals surface area contributed by atoms with E-state index in [1.54, 1.807) is 24.7 Å². The summed E-state index contributed by atoms with van der Waals surface area (Å²) >= 11 is 0. The first-order valence-electron chi connectivity index (χ1n) is 5.27. The first-order valence-corrected chi connectivity index (χ1v) is 5.27. The summed E-state index contributed by atoms with van der Waals surface area (Å²) in [5.41, 5.74) is 2.07. The summed E-state index contributed by atoms with van der Waals surface area (Å²) in [6.07, 6.45) is 4.27. The quantitative estimate of drug-likeness (QED) is 0.754. The first-order chi connectivity index (χ1) is 7.84. The van der Waals surface area contributed by atoms with Gasteiger partial charge < -0.3 is 10.3 Å². The number of imidazole rings is 1. The number of rotatable bonds is 5. The molecule has 1 aromatic heterocycles. The van der Waals surface area contributed by atoms with Crippen LogP contribution in [-0.4, -0.2) is 16.5 Å². The Morgan fingerprint density at radius 3 is 3.06 bits per heavy atom. The van der Waals surface area contributed by atoms with Crippen molar-refractivity contribution in [2.24, 2.45) is 0 Å². The second kappa shape index (κ2) is 5.42. The van der Waals surface area contributed by atoms with Crippen molar-refractivity contribution in [1.29, 1.82) is 0 Å². The fourth-order valence-electron chi connectivity index (χ4n) is 1.53. The molecule has 16 heavy (non-hydrogen) atoms. The van der Waals surface area contributed by atoms with Crippen LogP contribution in [-0.2, 0) is 13.0 Å². The van der Waals surface area contributed by atoms with Crippen molar-refractivity contribution >= 4 is 0 Å². The van der Waals surface area contributed by atoms with Crippen LogP contribution in [0.25, 0.3) is 0 Å². The van der Waals surface area contributed by atoms with E-state index < -0.39 is 0 Å². The van der Waals surface area contributed by atoms with Crippen molar-refractivity contribution < 1.29 is 4.39 Å². The smallest absolute Gasteiger partial charge is 0.123 e. The van der Waals surface area contributed by atoms with Gasteiger partial charge in [-0.25, -0.2) is 9.37 Å². The van der Waals surface area contributed by atoms with Crippen LogP contribution in [0.5, 0.6) is 0 Å². The summed E-state index contributed by atoms with van der Waals surface area (Å²) in [6, 6.07) is 6.69. The van der Waals surface area contributed by atoms with E-state index in [4.69, 9.17) is 0 Å². The van der Waals surface area contributed by atoms with Crippen molar-refractivity contribution in [2.75, 3.05) is 6.54 Å². The highest BCUT2D eigenvalue weighted by atomic mass is 19.1. The van der Waals surface area contributed by atoms with E-state index in [-0.39, 0.29) is 5.82 Å². The monoisotopic (exact) mass is 219 g/mol. The summed E-state index contributed by atoms with van der Waals surface area (Å²) < 4.78 is 12.9. The molecule has 0 fully saturated rings. The molecule has 0 spiro atoms. The van der Waals surface area contributed by atoms with Gasteiger partial charge in [-0.05, 0) is 30.7 Å². The van der Waals surface area contributed by atoms with Crippen molar-refractivity contribution in [3.8, 4) is 0 Å². The van der Waals surface area contributed by atoms with E-state index in [0.29, 0.717) is 0 Å². The molecule has 0 saturated carbocycles. The zero-order valence-corrected chi connectivity index (χ0v) is 8.91. The zero-order chi connectivity index (χ0) is 11.2. The Morgan fingerprint density at radius 2 is 2.31 bits per heavy atom. The van der Waals surface area contributed by atoms with Crippen LogP contribution in [0.1, 0.15) is 11.3 Å². The molecule has 0 radical (unpaired) electrons. The molecule has 0 saturated heterocycles. The molecule has 0 aliphatic heterocycles. The van der Waals surface area contributed by atoms with Gasteiger partial charge in [-0.2, -0.15) is 0 Å². The second-order valence-corrected chi connectivity index (χ2v) is 3.63. The second-order valence-electron chi connectivity index (χ2n) is 3.63. The molecular weight excluding hydrogens is 205 g/mol. The Labute approximate surface area is 93.7 Å². The minimum absolute atomic E-state index is 0.175. The molecular formula is C12H14FN3. The van der Waals surface area contributed by atoms with E-state index in [1.165, 1.54) is 6.07 Å². The predicted molar refractivity (Wildman–Crippen MR) is 60.4 cm³/mol. The fraction of sp³-hybridized carbons (Fsp3) is 0.250. The van der Waals surface area contributed by atoms with E-state index in [1.807, 2.05) is 6.07 Å². The van der Waals surface area contributed by atoms with Crippen LogP contribution in [0.2, 0.25) is 0 Å². The minimum atomic E-state index is -0.175. The van der Waals surface area contributed by atoms with Gasteiger partial charge in [0.15, 0.2) is 0 Å². The van der Waals surface area contributed by atoms with E-state index >= 15 is 0 Å². The molecule has 2 rings (SSSR count). The number of nitrogens with zero attached hydrogens (tertiary/aromatic N) is 1. The van der Waals surface area contributed by atoms with Crippen LogP contribution < -0.4 is 5.32 Å². The fourth-order valence-corrected chi connectivity index (χ4v) is 1.53. The van der Waals surface area contributed by atoms with Gasteiger partial charge in [-0.1, -0.05) is 12.1 Å². The van der Waals surface area contributed by atoms with Gasteiger partial charge >= 0.3 is 0 Å².